The third-order valence-electron chi connectivity index (χ3n) is 9.63. The van der Waals surface area contributed by atoms with Gasteiger partial charge in [-0.3, -0.25) is 0 Å². The average Bonchev–Trinajstić information content (AvgIpc) is 3.10. The number of ether oxygens (including phenoxy) is 6. The molecule has 3 aromatic rings. The Balaban J connectivity index is 1.51. The standard InChI is InChI=1S/C38H60O6Si3/c1-38(23-8-11-26-45-32-20-14-17-29(39-2)35(32)42-5,24-9-12-27-46-33-21-15-18-30(40-3)36(33)43-6)25-10-13-28-47-34-22-16-19-31(41-4)37(34)44-7/h14-22H,8-13,23-28,45-47H2,1-7H3. The normalized spacial score (nSPS) is 13.1. The number of hydrogen-bond acceptors (Lipinski definition) is 6. The molecule has 0 N–H and O–H groups in total. The van der Waals surface area contributed by atoms with Gasteiger partial charge in [0.2, 0.25) is 0 Å². The van der Waals surface area contributed by atoms with Crippen LogP contribution in [0.3, 0.4) is 0 Å². The van der Waals surface area contributed by atoms with Crippen LogP contribution in [0.25, 0.3) is 0 Å². The van der Waals surface area contributed by atoms with E-state index in [1.165, 1.54) is 91.5 Å². The van der Waals surface area contributed by atoms with E-state index in [-0.39, 0.29) is 0 Å². The zero-order chi connectivity index (χ0) is 33.9. The minimum atomic E-state index is -0.398. The van der Waals surface area contributed by atoms with Crippen molar-refractivity contribution in [2.24, 2.45) is 5.41 Å². The summed E-state index contributed by atoms with van der Waals surface area (Å²) in [5.41, 5.74) is 0.402. The molecule has 0 bridgehead atoms. The maximum atomic E-state index is 5.70. The Morgan fingerprint density at radius 2 is 0.723 bits per heavy atom. The average molecular weight is 697 g/mol. The fourth-order valence-electron chi connectivity index (χ4n) is 6.96. The van der Waals surface area contributed by atoms with Gasteiger partial charge in [-0.25, -0.2) is 0 Å². The topological polar surface area (TPSA) is 55.4 Å². The van der Waals surface area contributed by atoms with Crippen molar-refractivity contribution < 1.29 is 28.4 Å². The molecular weight excluding hydrogens is 637 g/mol. The first-order valence-electron chi connectivity index (χ1n) is 17.5. The molecule has 0 aromatic heterocycles. The number of para-hydroxylation sites is 3. The van der Waals surface area contributed by atoms with E-state index in [0.29, 0.717) is 5.41 Å². The van der Waals surface area contributed by atoms with E-state index >= 15 is 0 Å². The number of benzene rings is 3. The Labute approximate surface area is 291 Å². The van der Waals surface area contributed by atoms with Crippen LogP contribution < -0.4 is 44.0 Å². The molecule has 0 unspecified atom stereocenters. The zero-order valence-corrected chi connectivity index (χ0v) is 34.5. The molecule has 0 radical (unpaired) electrons. The van der Waals surface area contributed by atoms with Crippen LogP contribution in [-0.2, 0) is 0 Å². The second kappa shape index (κ2) is 21.2. The molecule has 260 valence electrons. The lowest BCUT2D eigenvalue weighted by Gasteiger charge is -2.30. The maximum absolute atomic E-state index is 5.70. The summed E-state index contributed by atoms with van der Waals surface area (Å²) in [5, 5.41) is 4.13. The zero-order valence-electron chi connectivity index (χ0n) is 30.3. The lowest BCUT2D eigenvalue weighted by atomic mass is 9.76. The summed E-state index contributed by atoms with van der Waals surface area (Å²) in [6.45, 7) is 2.57. The van der Waals surface area contributed by atoms with Crippen molar-refractivity contribution in [3.63, 3.8) is 0 Å². The minimum absolute atomic E-state index is 0.398. The predicted molar refractivity (Wildman–Crippen MR) is 207 cm³/mol. The van der Waals surface area contributed by atoms with Gasteiger partial charge in [0.1, 0.15) is 0 Å². The molecule has 0 saturated carbocycles. The minimum Gasteiger partial charge on any atom is -0.493 e. The van der Waals surface area contributed by atoms with Crippen LogP contribution in [0.15, 0.2) is 54.6 Å². The Kier molecular flexibility index (Phi) is 17.4. The molecule has 47 heavy (non-hydrogen) atoms. The highest BCUT2D eigenvalue weighted by Gasteiger charge is 2.23. The first-order chi connectivity index (χ1) is 22.9. The van der Waals surface area contributed by atoms with Gasteiger partial charge in [-0.15, -0.1) is 0 Å². The summed E-state index contributed by atoms with van der Waals surface area (Å²) in [6, 6.07) is 22.9. The molecule has 0 atom stereocenters. The van der Waals surface area contributed by atoms with Crippen LogP contribution in [-0.4, -0.2) is 71.2 Å². The van der Waals surface area contributed by atoms with Crippen molar-refractivity contribution >= 4 is 44.1 Å². The SMILES string of the molecule is COc1cccc([SiH2]CCCCC(C)(CCCC[SiH2]c2cccc(OC)c2OC)CCCC[SiH2]c2cccc(OC)c2OC)c1OC. The van der Waals surface area contributed by atoms with Crippen molar-refractivity contribution in [2.45, 2.75) is 82.8 Å². The fraction of sp³-hybridized carbons (Fsp3) is 0.526. The van der Waals surface area contributed by atoms with Crippen LogP contribution in [0.2, 0.25) is 18.1 Å². The predicted octanol–water partition coefficient (Wildman–Crippen LogP) is 5.29. The highest BCUT2D eigenvalue weighted by atomic mass is 28.2. The van der Waals surface area contributed by atoms with Crippen molar-refractivity contribution in [3.8, 4) is 34.5 Å². The number of unbranched alkanes of at least 4 members (excludes halogenated alkanes) is 3. The van der Waals surface area contributed by atoms with E-state index in [0.717, 1.165) is 34.5 Å². The van der Waals surface area contributed by atoms with Crippen LogP contribution in [0.5, 0.6) is 34.5 Å². The Hall–Kier alpha value is -2.89. The van der Waals surface area contributed by atoms with Gasteiger partial charge in [0.05, 0.1) is 71.2 Å². The van der Waals surface area contributed by atoms with E-state index in [9.17, 15) is 0 Å². The maximum Gasteiger partial charge on any atom is 0.160 e. The number of hydrogen-bond donors (Lipinski definition) is 0. The van der Waals surface area contributed by atoms with Crippen LogP contribution >= 0.6 is 0 Å². The first kappa shape index (κ1) is 38.6. The Morgan fingerprint density at radius 3 is 0.979 bits per heavy atom. The van der Waals surface area contributed by atoms with Crippen molar-refractivity contribution in [1.82, 2.24) is 0 Å². The van der Waals surface area contributed by atoms with E-state index in [1.807, 2.05) is 18.2 Å². The summed E-state index contributed by atoms with van der Waals surface area (Å²) in [5.74, 6) is 5.38. The van der Waals surface area contributed by atoms with Crippen LogP contribution in [0, 0.1) is 5.41 Å². The summed E-state index contributed by atoms with van der Waals surface area (Å²) >= 11 is 0. The largest absolute Gasteiger partial charge is 0.493 e. The fourth-order valence-corrected chi connectivity index (χ4v) is 12.5. The quantitative estimate of drug-likeness (QED) is 0.0938. The molecule has 3 rings (SSSR count). The number of rotatable bonds is 24. The summed E-state index contributed by atoms with van der Waals surface area (Å²) in [7, 11) is 9.24. The van der Waals surface area contributed by atoms with Gasteiger partial charge >= 0.3 is 0 Å². The van der Waals surface area contributed by atoms with Gasteiger partial charge in [0.25, 0.3) is 0 Å². The van der Waals surface area contributed by atoms with Crippen LogP contribution in [0.1, 0.15) is 64.7 Å². The van der Waals surface area contributed by atoms with Gasteiger partial charge in [0.15, 0.2) is 34.5 Å². The molecule has 3 aromatic carbocycles. The highest BCUT2D eigenvalue weighted by molar-refractivity contribution is 6.55. The Bertz CT molecular complexity index is 1180. The molecule has 6 nitrogen and oxygen atoms in total. The third-order valence-corrected chi connectivity index (χ3v) is 15.5. The first-order valence-corrected chi connectivity index (χ1v) is 22.6. The summed E-state index contributed by atoms with van der Waals surface area (Å²) in [4.78, 5) is 0. The molecular formula is C38H60O6Si3. The molecule has 9 heteroatoms. The van der Waals surface area contributed by atoms with Gasteiger partial charge in [-0.2, -0.15) is 0 Å². The molecule has 0 aliphatic heterocycles. The van der Waals surface area contributed by atoms with Crippen molar-refractivity contribution in [3.05, 3.63) is 54.6 Å². The van der Waals surface area contributed by atoms with Crippen LogP contribution in [0.4, 0.5) is 0 Å². The monoisotopic (exact) mass is 696 g/mol. The molecule has 0 amide bonds. The van der Waals surface area contributed by atoms with Crippen molar-refractivity contribution in [1.29, 1.82) is 0 Å². The third kappa shape index (κ3) is 11.9. The Morgan fingerprint density at radius 1 is 0.426 bits per heavy atom. The molecule has 0 saturated heterocycles. The summed E-state index contributed by atoms with van der Waals surface area (Å²) < 4.78 is 33.7. The second-order valence-corrected chi connectivity index (χ2v) is 18.9. The smallest absolute Gasteiger partial charge is 0.160 e. The highest BCUT2D eigenvalue weighted by Crippen LogP contribution is 2.37. The van der Waals surface area contributed by atoms with Gasteiger partial charge < -0.3 is 28.4 Å². The molecule has 0 aliphatic carbocycles. The van der Waals surface area contributed by atoms with Gasteiger partial charge in [-0.05, 0) is 58.4 Å². The van der Waals surface area contributed by atoms with E-state index in [4.69, 9.17) is 28.4 Å². The van der Waals surface area contributed by atoms with E-state index in [1.54, 1.807) is 42.7 Å². The molecule has 0 fully saturated rings. The molecule has 0 aliphatic rings. The lowest BCUT2D eigenvalue weighted by Crippen LogP contribution is -2.20. The van der Waals surface area contributed by atoms with Gasteiger partial charge in [0, 0.05) is 0 Å². The number of methoxy groups -OCH3 is 6. The van der Waals surface area contributed by atoms with Gasteiger partial charge in [-0.1, -0.05) is 100.0 Å². The van der Waals surface area contributed by atoms with Crippen molar-refractivity contribution in [2.75, 3.05) is 42.7 Å². The lowest BCUT2D eigenvalue weighted by molar-refractivity contribution is 0.228. The second-order valence-electron chi connectivity index (χ2n) is 13.0. The molecule has 0 heterocycles. The van der Waals surface area contributed by atoms with E-state index in [2.05, 4.69) is 43.3 Å². The van der Waals surface area contributed by atoms with E-state index < -0.39 is 28.6 Å². The summed E-state index contributed by atoms with van der Waals surface area (Å²) in [6.07, 6.45) is 11.8. The molecule has 0 spiro atoms.